The van der Waals surface area contributed by atoms with Gasteiger partial charge in [-0.3, -0.25) is 13.0 Å². The molecule has 10 heavy (non-hydrogen) atoms. The van der Waals surface area contributed by atoms with Crippen molar-refractivity contribution in [1.82, 2.24) is 0 Å². The summed E-state index contributed by atoms with van der Waals surface area (Å²) < 4.78 is 42.4. The third-order valence-corrected chi connectivity index (χ3v) is 0. The van der Waals surface area contributed by atoms with Crippen LogP contribution in [0.1, 0.15) is 0 Å². The smallest absolute Gasteiger partial charge is 0.772 e. The largest absolute Gasteiger partial charge is 3.00 e. The Labute approximate surface area is 69.4 Å². The van der Waals surface area contributed by atoms with E-state index in [0.717, 1.165) is 0 Å². The molecule has 58 valence electrons. The number of rotatable bonds is 0. The van der Waals surface area contributed by atoms with E-state index >= 15 is 0 Å². The normalized spacial score (nSPS) is 7.90. The standard InChI is InChI=1S/Al.H2O4S.HO2P.H2O/c;1-5(2,3)4;1-3-2;/h;(H2,1,2,3,4);(H,1,2);1H2/q+3;;;/p-3. The summed E-state index contributed by atoms with van der Waals surface area (Å²) in [7, 11) is -6.25. The fourth-order valence-corrected chi connectivity index (χ4v) is 0. The van der Waals surface area contributed by atoms with E-state index in [0.29, 0.717) is 0 Å². The molecule has 0 aromatic heterocycles. The maximum Gasteiger partial charge on any atom is 3.00 e. The predicted molar refractivity (Wildman–Crippen MR) is 27.4 cm³/mol. The molecule has 0 saturated heterocycles. The molecule has 0 radical (unpaired) electrons. The molecular formula is H2AlO7PS. The molecule has 0 aliphatic heterocycles. The molecule has 2 N–H and O–H groups in total. The summed E-state index contributed by atoms with van der Waals surface area (Å²) in [6, 6.07) is 0. The summed E-state index contributed by atoms with van der Waals surface area (Å²) in [5, 5.41) is 0. The second-order valence-electron chi connectivity index (χ2n) is 0.483. The van der Waals surface area contributed by atoms with Crippen molar-refractivity contribution in [2.75, 3.05) is 0 Å². The summed E-state index contributed by atoms with van der Waals surface area (Å²) in [6.45, 7) is 0. The summed E-state index contributed by atoms with van der Waals surface area (Å²) >= 11 is 0. The van der Waals surface area contributed by atoms with Gasteiger partial charge in [0.05, 0.1) is 8.69 Å². The summed E-state index contributed by atoms with van der Waals surface area (Å²) in [5.41, 5.74) is 0. The third-order valence-electron chi connectivity index (χ3n) is 0. The zero-order chi connectivity index (χ0) is 7.21. The van der Waals surface area contributed by atoms with Gasteiger partial charge >= 0.3 is 17.4 Å². The molecule has 0 heterocycles. The molecule has 0 aromatic rings. The molecule has 0 bridgehead atoms. The Morgan fingerprint density at radius 2 is 1.20 bits per heavy atom. The molecule has 0 aliphatic rings. The van der Waals surface area contributed by atoms with E-state index in [1.54, 1.807) is 0 Å². The van der Waals surface area contributed by atoms with Gasteiger partial charge < -0.3 is 19.5 Å². The SMILES string of the molecule is O.O=P[O-].O=S(=O)([O-])[O-].[Al+3]. The second-order valence-corrected chi connectivity index (χ2v) is 1.45. The van der Waals surface area contributed by atoms with Crippen LogP contribution in [0.3, 0.4) is 0 Å². The molecule has 0 spiro atoms. The van der Waals surface area contributed by atoms with E-state index in [-0.39, 0.29) is 22.8 Å². The molecular weight excluding hydrogens is 202 g/mol. The monoisotopic (exact) mass is 204 g/mol. The minimum Gasteiger partial charge on any atom is -0.772 e. The minimum atomic E-state index is -5.17. The summed E-state index contributed by atoms with van der Waals surface area (Å²) in [6.07, 6.45) is 0. The van der Waals surface area contributed by atoms with Crippen LogP contribution in [-0.2, 0) is 15.0 Å². The van der Waals surface area contributed by atoms with Crippen LogP contribution in [0.25, 0.3) is 0 Å². The fraction of sp³-hybridized carbons (Fsp3) is 0. The molecule has 0 amide bonds. The van der Waals surface area contributed by atoms with Crippen molar-refractivity contribution >= 4 is 36.4 Å². The zero-order valence-electron chi connectivity index (χ0n) is 4.38. The van der Waals surface area contributed by atoms with Crippen molar-refractivity contribution in [2.24, 2.45) is 0 Å². The van der Waals surface area contributed by atoms with Crippen LogP contribution in [0.5, 0.6) is 0 Å². The van der Waals surface area contributed by atoms with Gasteiger partial charge in [0.2, 0.25) is 0 Å². The van der Waals surface area contributed by atoms with Crippen LogP contribution in [0, 0.1) is 0 Å². The van der Waals surface area contributed by atoms with E-state index in [9.17, 15) is 0 Å². The van der Waals surface area contributed by atoms with Crippen LogP contribution >= 0.6 is 8.69 Å². The van der Waals surface area contributed by atoms with Gasteiger partial charge in [0.15, 0.2) is 0 Å². The Morgan fingerprint density at radius 1 is 1.20 bits per heavy atom. The fourth-order valence-electron chi connectivity index (χ4n) is 0. The Morgan fingerprint density at radius 3 is 1.20 bits per heavy atom. The van der Waals surface area contributed by atoms with Crippen LogP contribution < -0.4 is 4.89 Å². The number of hydrogen-bond acceptors (Lipinski definition) is 6. The Kier molecular flexibility index (Phi) is 27.2. The maximum atomic E-state index is 8.52. The zero-order valence-corrected chi connectivity index (χ0v) is 7.25. The van der Waals surface area contributed by atoms with Crippen LogP contribution in [0.15, 0.2) is 0 Å². The first kappa shape index (κ1) is 22.4. The van der Waals surface area contributed by atoms with E-state index in [2.05, 4.69) is 0 Å². The molecule has 0 aromatic carbocycles. The third kappa shape index (κ3) is 2600. The Bertz CT molecular complexity index is 128. The van der Waals surface area contributed by atoms with Crippen molar-refractivity contribution in [2.45, 2.75) is 0 Å². The van der Waals surface area contributed by atoms with Gasteiger partial charge in [-0.25, -0.2) is 0 Å². The van der Waals surface area contributed by atoms with Gasteiger partial charge in [-0.05, 0) is 0 Å². The van der Waals surface area contributed by atoms with Crippen molar-refractivity contribution in [3.63, 3.8) is 0 Å². The molecule has 0 fully saturated rings. The first-order chi connectivity index (χ1) is 3.41. The van der Waals surface area contributed by atoms with Crippen LogP contribution in [0.4, 0.5) is 0 Å². The Balaban J connectivity index is -0.0000000326. The summed E-state index contributed by atoms with van der Waals surface area (Å²) in [4.78, 5) is 8.35. The topological polar surface area (TPSA) is 152 Å². The first-order valence-electron chi connectivity index (χ1n) is 1.03. The molecule has 0 aliphatic carbocycles. The van der Waals surface area contributed by atoms with Gasteiger partial charge in [0.25, 0.3) is 0 Å². The maximum absolute atomic E-state index is 8.52. The van der Waals surface area contributed by atoms with Crippen LogP contribution in [-0.4, -0.2) is 40.4 Å². The molecule has 0 atom stereocenters. The molecule has 0 rings (SSSR count). The van der Waals surface area contributed by atoms with Crippen molar-refractivity contribution < 1.29 is 32.5 Å². The van der Waals surface area contributed by atoms with Crippen molar-refractivity contribution in [3.05, 3.63) is 0 Å². The quantitative estimate of drug-likeness (QED) is 0.177. The first-order valence-corrected chi connectivity index (χ1v) is 3.10. The van der Waals surface area contributed by atoms with Gasteiger partial charge in [0, 0.05) is 10.4 Å². The van der Waals surface area contributed by atoms with E-state index < -0.39 is 19.1 Å². The molecule has 10 heteroatoms. The van der Waals surface area contributed by atoms with E-state index in [4.69, 9.17) is 27.0 Å². The average Bonchev–Trinajstić information content (AvgIpc) is 1.27. The Hall–Kier alpha value is 0.422. The van der Waals surface area contributed by atoms with E-state index in [1.165, 1.54) is 0 Å². The molecule has 0 saturated carbocycles. The van der Waals surface area contributed by atoms with Gasteiger partial charge in [-0.2, -0.15) is 0 Å². The van der Waals surface area contributed by atoms with Crippen LogP contribution in [0.2, 0.25) is 0 Å². The van der Waals surface area contributed by atoms with E-state index in [1.807, 2.05) is 0 Å². The number of hydrogen-bond donors (Lipinski definition) is 0. The molecule has 0 unspecified atom stereocenters. The molecule has 7 nitrogen and oxygen atoms in total. The summed E-state index contributed by atoms with van der Waals surface area (Å²) in [5.74, 6) is 0. The second kappa shape index (κ2) is 12.1. The minimum absolute atomic E-state index is 0. The van der Waals surface area contributed by atoms with Gasteiger partial charge in [-0.1, -0.05) is 0 Å². The van der Waals surface area contributed by atoms with Crippen molar-refractivity contribution in [1.29, 1.82) is 0 Å². The van der Waals surface area contributed by atoms with Crippen molar-refractivity contribution in [3.8, 4) is 0 Å². The predicted octanol–water partition coefficient (Wildman–Crippen LogP) is -2.99. The van der Waals surface area contributed by atoms with Gasteiger partial charge in [0.1, 0.15) is 0 Å². The van der Waals surface area contributed by atoms with Gasteiger partial charge in [-0.15, -0.1) is 0 Å². The average molecular weight is 204 g/mol.